The van der Waals surface area contributed by atoms with E-state index in [1.54, 1.807) is 25.3 Å². The average Bonchev–Trinajstić information content (AvgIpc) is 3.12. The summed E-state index contributed by atoms with van der Waals surface area (Å²) >= 11 is 0. The lowest BCUT2D eigenvalue weighted by Crippen LogP contribution is -2.17. The summed E-state index contributed by atoms with van der Waals surface area (Å²) < 4.78 is 2.14. The number of nitro groups is 1. The molecular weight excluding hydrogens is 392 g/mol. The summed E-state index contributed by atoms with van der Waals surface area (Å²) in [4.78, 5) is 23.0. The molecule has 154 valence electrons. The van der Waals surface area contributed by atoms with E-state index in [9.17, 15) is 14.9 Å². The van der Waals surface area contributed by atoms with Crippen LogP contribution in [-0.4, -0.2) is 21.6 Å². The molecule has 0 fully saturated rings. The Morgan fingerprint density at radius 3 is 2.61 bits per heavy atom. The largest absolute Gasteiger partial charge is 0.342 e. The van der Waals surface area contributed by atoms with Gasteiger partial charge in [0.2, 0.25) is 0 Å². The van der Waals surface area contributed by atoms with Crippen molar-refractivity contribution in [3.63, 3.8) is 0 Å². The zero-order valence-corrected chi connectivity index (χ0v) is 16.9. The molecule has 0 saturated heterocycles. The van der Waals surface area contributed by atoms with E-state index in [-0.39, 0.29) is 11.3 Å². The Bertz CT molecular complexity index is 1290. The van der Waals surface area contributed by atoms with Crippen LogP contribution < -0.4 is 5.43 Å². The highest BCUT2D eigenvalue weighted by Crippen LogP contribution is 2.22. The summed E-state index contributed by atoms with van der Waals surface area (Å²) in [5.41, 5.74) is 6.14. The van der Waals surface area contributed by atoms with Crippen LogP contribution in [0.25, 0.3) is 10.9 Å². The van der Waals surface area contributed by atoms with E-state index in [2.05, 4.69) is 27.2 Å². The molecule has 7 nitrogen and oxygen atoms in total. The first-order chi connectivity index (χ1) is 15.0. The molecular formula is C24H20N4O3. The molecule has 0 radical (unpaired) electrons. The minimum atomic E-state index is -0.507. The Hall–Kier alpha value is -4.26. The van der Waals surface area contributed by atoms with Crippen LogP contribution in [0.15, 0.2) is 84.1 Å². The molecule has 31 heavy (non-hydrogen) atoms. The van der Waals surface area contributed by atoms with E-state index in [0.29, 0.717) is 12.1 Å². The van der Waals surface area contributed by atoms with Gasteiger partial charge in [-0.05, 0) is 24.6 Å². The Balaban J connectivity index is 1.55. The molecule has 4 rings (SSSR count). The zero-order valence-electron chi connectivity index (χ0n) is 16.9. The zero-order chi connectivity index (χ0) is 21.8. The number of rotatable bonds is 6. The van der Waals surface area contributed by atoms with Gasteiger partial charge < -0.3 is 4.57 Å². The highest BCUT2D eigenvalue weighted by atomic mass is 16.6. The maximum Gasteiger partial charge on any atom is 0.273 e. The third-order valence-electron chi connectivity index (χ3n) is 5.05. The van der Waals surface area contributed by atoms with Crippen LogP contribution in [0.1, 0.15) is 27.0 Å². The number of amides is 1. The van der Waals surface area contributed by atoms with Gasteiger partial charge >= 0.3 is 0 Å². The van der Waals surface area contributed by atoms with Gasteiger partial charge in [0.15, 0.2) is 0 Å². The van der Waals surface area contributed by atoms with Crippen molar-refractivity contribution in [2.75, 3.05) is 0 Å². The highest BCUT2D eigenvalue weighted by Gasteiger charge is 2.14. The van der Waals surface area contributed by atoms with Crippen LogP contribution in [-0.2, 0) is 6.54 Å². The highest BCUT2D eigenvalue weighted by molar-refractivity contribution is 6.00. The molecule has 0 bridgehead atoms. The summed E-state index contributed by atoms with van der Waals surface area (Å²) in [6.45, 7) is 2.35. The smallest absolute Gasteiger partial charge is 0.273 e. The van der Waals surface area contributed by atoms with Crippen LogP contribution >= 0.6 is 0 Å². The number of carbonyl (C=O) groups excluding carboxylic acids is 1. The van der Waals surface area contributed by atoms with Crippen LogP contribution in [0.5, 0.6) is 0 Å². The van der Waals surface area contributed by atoms with Crippen LogP contribution in [0, 0.1) is 17.0 Å². The molecule has 1 aromatic heterocycles. The molecule has 0 unspecified atom stereocenters. The summed E-state index contributed by atoms with van der Waals surface area (Å²) in [7, 11) is 0. The van der Waals surface area contributed by atoms with Crippen LogP contribution in [0.3, 0.4) is 0 Å². The fraction of sp³-hybridized carbons (Fsp3) is 0.0833. The van der Waals surface area contributed by atoms with E-state index >= 15 is 0 Å². The number of para-hydroxylation sites is 1. The molecule has 0 aliphatic heterocycles. The molecule has 0 saturated carbocycles. The lowest BCUT2D eigenvalue weighted by Gasteiger charge is -2.05. The van der Waals surface area contributed by atoms with Gasteiger partial charge in [0.05, 0.1) is 11.1 Å². The molecule has 1 heterocycles. The number of hydrogen-bond acceptors (Lipinski definition) is 4. The molecule has 0 aliphatic rings. The Labute approximate surface area is 178 Å². The van der Waals surface area contributed by atoms with Gasteiger partial charge in [0.25, 0.3) is 11.6 Å². The van der Waals surface area contributed by atoms with Gasteiger partial charge in [0, 0.05) is 46.4 Å². The van der Waals surface area contributed by atoms with E-state index in [4.69, 9.17) is 0 Å². The molecule has 4 aromatic rings. The number of nitro benzene ring substituents is 1. The summed E-state index contributed by atoms with van der Waals surface area (Å²) in [6, 6.07) is 22.5. The van der Waals surface area contributed by atoms with E-state index in [0.717, 1.165) is 16.5 Å². The molecule has 0 spiro atoms. The second-order valence-corrected chi connectivity index (χ2v) is 7.17. The number of aryl methyl sites for hydroxylation is 1. The number of hydrogen-bond donors (Lipinski definition) is 1. The molecule has 1 amide bonds. The van der Waals surface area contributed by atoms with Crippen molar-refractivity contribution in [1.29, 1.82) is 0 Å². The molecule has 7 heteroatoms. The topological polar surface area (TPSA) is 89.5 Å². The summed E-state index contributed by atoms with van der Waals surface area (Å²) in [5.74, 6) is -0.507. The number of nitrogens with one attached hydrogen (secondary N) is 1. The van der Waals surface area contributed by atoms with Crippen LogP contribution in [0.4, 0.5) is 5.69 Å². The molecule has 0 atom stereocenters. The lowest BCUT2D eigenvalue weighted by atomic mass is 10.1. The fourth-order valence-electron chi connectivity index (χ4n) is 3.46. The minimum Gasteiger partial charge on any atom is -0.342 e. The second kappa shape index (κ2) is 8.62. The maximum absolute atomic E-state index is 12.4. The number of nitrogens with zero attached hydrogens (tertiary/aromatic N) is 3. The quantitative estimate of drug-likeness (QED) is 0.283. The first-order valence-electron chi connectivity index (χ1n) is 9.73. The van der Waals surface area contributed by atoms with Crippen molar-refractivity contribution in [2.24, 2.45) is 5.10 Å². The van der Waals surface area contributed by atoms with Crippen molar-refractivity contribution in [3.05, 3.63) is 111 Å². The predicted octanol–water partition coefficient (Wildman–Crippen LogP) is 4.67. The van der Waals surface area contributed by atoms with Gasteiger partial charge in [-0.1, -0.05) is 54.6 Å². The first kappa shape index (κ1) is 20.0. The van der Waals surface area contributed by atoms with Crippen molar-refractivity contribution in [1.82, 2.24) is 9.99 Å². The molecule has 0 aliphatic carbocycles. The van der Waals surface area contributed by atoms with Crippen LogP contribution in [0.2, 0.25) is 0 Å². The summed E-state index contributed by atoms with van der Waals surface area (Å²) in [6.07, 6.45) is 3.58. The normalized spacial score (nSPS) is 11.1. The predicted molar refractivity (Wildman–Crippen MR) is 120 cm³/mol. The standard InChI is InChI=1S/C24H20N4O3/c1-17-11-12-19(13-23(17)28(30)31)24(29)26-25-14-20-16-27(15-18-7-3-2-4-8-18)22-10-6-5-9-21(20)22/h2-14,16H,15H2,1H3,(H,26,29)/b25-14+. The fourth-order valence-corrected chi connectivity index (χ4v) is 3.46. The molecule has 1 N–H and O–H groups in total. The summed E-state index contributed by atoms with van der Waals surface area (Å²) in [5, 5.41) is 16.2. The average molecular weight is 412 g/mol. The second-order valence-electron chi connectivity index (χ2n) is 7.17. The third-order valence-corrected chi connectivity index (χ3v) is 5.05. The SMILES string of the molecule is Cc1ccc(C(=O)N/N=C/c2cn(Cc3ccccc3)c3ccccc23)cc1[N+](=O)[O-]. The van der Waals surface area contributed by atoms with Gasteiger partial charge in [-0.2, -0.15) is 5.10 Å². The Morgan fingerprint density at radius 2 is 1.84 bits per heavy atom. The van der Waals surface area contributed by atoms with Gasteiger partial charge in [-0.15, -0.1) is 0 Å². The van der Waals surface area contributed by atoms with Gasteiger partial charge in [-0.3, -0.25) is 14.9 Å². The van der Waals surface area contributed by atoms with E-state index < -0.39 is 10.8 Å². The van der Waals surface area contributed by atoms with Crippen molar-refractivity contribution in [2.45, 2.75) is 13.5 Å². The van der Waals surface area contributed by atoms with Gasteiger partial charge in [0.1, 0.15) is 0 Å². The van der Waals surface area contributed by atoms with Crippen molar-refractivity contribution >= 4 is 28.7 Å². The lowest BCUT2D eigenvalue weighted by molar-refractivity contribution is -0.385. The number of aromatic nitrogens is 1. The Morgan fingerprint density at radius 1 is 1.10 bits per heavy atom. The monoisotopic (exact) mass is 412 g/mol. The van der Waals surface area contributed by atoms with Gasteiger partial charge in [-0.25, -0.2) is 5.43 Å². The molecule has 3 aromatic carbocycles. The van der Waals surface area contributed by atoms with E-state index in [1.807, 2.05) is 48.7 Å². The maximum atomic E-state index is 12.4. The number of benzene rings is 3. The van der Waals surface area contributed by atoms with E-state index in [1.165, 1.54) is 11.6 Å². The third kappa shape index (κ3) is 4.35. The van der Waals surface area contributed by atoms with Crippen molar-refractivity contribution < 1.29 is 9.72 Å². The number of carbonyl (C=O) groups is 1. The number of hydrazone groups is 1. The Kier molecular flexibility index (Phi) is 5.57. The minimum absolute atomic E-state index is 0.0967. The number of fused-ring (bicyclic) bond motifs is 1. The first-order valence-corrected chi connectivity index (χ1v) is 9.73. The van der Waals surface area contributed by atoms with Crippen molar-refractivity contribution in [3.8, 4) is 0 Å².